The summed E-state index contributed by atoms with van der Waals surface area (Å²) in [5.41, 5.74) is 7.00. The van der Waals surface area contributed by atoms with Crippen molar-refractivity contribution in [1.82, 2.24) is 15.0 Å². The molecule has 7 rings (SSSR count). The average Bonchev–Trinajstić information content (AvgIpc) is 3.71. The Morgan fingerprint density at radius 3 is 0.975 bits per heavy atom. The molecule has 1 saturated carbocycles. The number of hydrogen-bond donors (Lipinski definition) is 5. The molecule has 1 aliphatic carbocycles. The SMILES string of the molecule is CO.CO.[Cl-].[Cl-].[Cl-].c1ccc2[nH+]c(C3CC(c4[nH]c5ccccc5[nH+]4)CC(c4[nH]c5ccccc5[nH+]4)C3)[nH]c2c1. The van der Waals surface area contributed by atoms with E-state index >= 15 is 0 Å². The summed E-state index contributed by atoms with van der Waals surface area (Å²) < 4.78 is 0. The first-order chi connectivity index (χ1) is 18.3. The lowest BCUT2D eigenvalue weighted by Gasteiger charge is -2.27. The molecule has 0 radical (unpaired) electrons. The Morgan fingerprint density at radius 1 is 0.475 bits per heavy atom. The highest BCUT2D eigenvalue weighted by atomic mass is 35.5. The molecule has 6 aromatic rings. The van der Waals surface area contributed by atoms with Crippen molar-refractivity contribution < 1.29 is 62.4 Å². The van der Waals surface area contributed by atoms with Gasteiger partial charge in [-0.3, -0.25) is 0 Å². The Kier molecular flexibility index (Phi) is 12.4. The summed E-state index contributed by atoms with van der Waals surface area (Å²) in [7, 11) is 2.00. The standard InChI is InChI=1S/C27H24N6.2CH4O.3ClH/c1-2-8-20-19(7-1)28-25(29-20)16-13-17(26-30-21-9-3-4-10-22(21)31-26)15-18(14-16)27-32-23-11-5-6-12-24(23)33-27;2*1-2;;;/h1-12,16-18H,13-15H2,(H,28,29)(H,30,31)(H,32,33);2*2H,1H3;3*1H. The van der Waals surface area contributed by atoms with E-state index < -0.39 is 0 Å². The average molecular weight is 606 g/mol. The van der Waals surface area contributed by atoms with Gasteiger partial charge in [-0.25, -0.2) is 29.9 Å². The second kappa shape index (κ2) is 15.0. The molecule has 0 atom stereocenters. The van der Waals surface area contributed by atoms with Crippen LogP contribution < -0.4 is 52.2 Å². The highest BCUT2D eigenvalue weighted by Gasteiger charge is 2.41. The maximum Gasteiger partial charge on any atom is 0.256 e. The van der Waals surface area contributed by atoms with Gasteiger partial charge >= 0.3 is 0 Å². The summed E-state index contributed by atoms with van der Waals surface area (Å²) in [6.07, 6.45) is 3.26. The van der Waals surface area contributed by atoms with Gasteiger partial charge in [0, 0.05) is 14.2 Å². The predicted octanol–water partition coefficient (Wildman–Crippen LogP) is -5.36. The number of aliphatic hydroxyl groups excluding tert-OH is 2. The summed E-state index contributed by atoms with van der Waals surface area (Å²) in [5, 5.41) is 14.0. The van der Waals surface area contributed by atoms with Gasteiger partial charge in [-0.15, -0.1) is 0 Å². The lowest BCUT2D eigenvalue weighted by atomic mass is 9.74. The molecule has 0 saturated heterocycles. The molecule has 11 heteroatoms. The Balaban J connectivity index is 0.000000769. The molecule has 214 valence electrons. The highest BCUT2D eigenvalue weighted by molar-refractivity contribution is 5.72. The number of halogens is 3. The van der Waals surface area contributed by atoms with Crippen LogP contribution in [0.15, 0.2) is 72.8 Å². The van der Waals surface area contributed by atoms with E-state index in [4.69, 9.17) is 10.2 Å². The number of aromatic nitrogens is 6. The van der Waals surface area contributed by atoms with E-state index in [0.717, 1.165) is 33.5 Å². The number of benzene rings is 3. The number of H-pyrrole nitrogens is 6. The Hall–Kier alpha value is -3.14. The molecule has 1 aliphatic rings. The van der Waals surface area contributed by atoms with Gasteiger partial charge in [0.25, 0.3) is 17.5 Å². The summed E-state index contributed by atoms with van der Waals surface area (Å²) in [6, 6.07) is 25.4. The second-order valence-corrected chi connectivity index (χ2v) is 9.43. The molecule has 3 aromatic carbocycles. The molecular weight excluding hydrogens is 571 g/mol. The molecule has 0 aliphatic heterocycles. The number of fused-ring (bicyclic) bond motifs is 3. The highest BCUT2D eigenvalue weighted by Crippen LogP contribution is 2.45. The molecular formula is C29H35Cl3N6O2. The minimum absolute atomic E-state index is 0. The van der Waals surface area contributed by atoms with Crippen LogP contribution in [0.5, 0.6) is 0 Å². The first kappa shape index (κ1) is 33.1. The number of hydrogen-bond acceptors (Lipinski definition) is 2. The van der Waals surface area contributed by atoms with Gasteiger partial charge in [0.2, 0.25) is 0 Å². The minimum Gasteiger partial charge on any atom is -1.00 e. The minimum atomic E-state index is 0. The smallest absolute Gasteiger partial charge is 0.256 e. The van der Waals surface area contributed by atoms with E-state index in [-0.39, 0.29) is 37.2 Å². The van der Waals surface area contributed by atoms with Gasteiger partial charge in [-0.2, -0.15) is 0 Å². The molecule has 0 bridgehead atoms. The molecule has 0 unspecified atom stereocenters. The van der Waals surface area contributed by atoms with E-state index in [0.29, 0.717) is 17.8 Å². The van der Waals surface area contributed by atoms with Gasteiger partial charge in [-0.05, 0) is 55.7 Å². The van der Waals surface area contributed by atoms with Gasteiger partial charge in [-0.1, -0.05) is 36.4 Å². The Morgan fingerprint density at radius 2 is 0.725 bits per heavy atom. The summed E-state index contributed by atoms with van der Waals surface area (Å²) in [6.45, 7) is 0. The number of aliphatic hydroxyl groups is 2. The van der Waals surface area contributed by atoms with E-state index in [1.54, 1.807) is 0 Å². The van der Waals surface area contributed by atoms with Crippen LogP contribution in [0.4, 0.5) is 0 Å². The van der Waals surface area contributed by atoms with Gasteiger partial charge in [0.15, 0.2) is 33.1 Å². The molecule has 8 N–H and O–H groups in total. The van der Waals surface area contributed by atoms with Crippen LogP contribution in [-0.4, -0.2) is 39.4 Å². The monoisotopic (exact) mass is 604 g/mol. The quantitative estimate of drug-likeness (QED) is 0.138. The second-order valence-electron chi connectivity index (χ2n) is 9.43. The zero-order valence-corrected chi connectivity index (χ0v) is 24.6. The van der Waals surface area contributed by atoms with Crippen molar-refractivity contribution in [2.24, 2.45) is 0 Å². The van der Waals surface area contributed by atoms with Crippen molar-refractivity contribution in [2.45, 2.75) is 37.0 Å². The molecule has 40 heavy (non-hydrogen) atoms. The predicted molar refractivity (Wildman–Crippen MR) is 143 cm³/mol. The third-order valence-corrected chi connectivity index (χ3v) is 7.33. The van der Waals surface area contributed by atoms with Crippen LogP contribution in [0.1, 0.15) is 54.5 Å². The number of para-hydroxylation sites is 6. The maximum atomic E-state index is 7.00. The first-order valence-electron chi connectivity index (χ1n) is 12.7. The molecule has 0 spiro atoms. The fraction of sp³-hybridized carbons (Fsp3) is 0.276. The maximum absolute atomic E-state index is 7.00. The van der Waals surface area contributed by atoms with Crippen molar-refractivity contribution in [2.75, 3.05) is 14.2 Å². The zero-order valence-electron chi connectivity index (χ0n) is 22.3. The Labute approximate surface area is 251 Å². The molecule has 3 heterocycles. The first-order valence-corrected chi connectivity index (χ1v) is 12.7. The normalized spacial score (nSPS) is 17.9. The largest absolute Gasteiger partial charge is 1.00 e. The molecule has 1 fully saturated rings. The van der Waals surface area contributed by atoms with Gasteiger partial charge < -0.3 is 47.4 Å². The van der Waals surface area contributed by atoms with Crippen LogP contribution >= 0.6 is 0 Å². The zero-order chi connectivity index (χ0) is 25.8. The van der Waals surface area contributed by atoms with Crippen molar-refractivity contribution in [3.8, 4) is 0 Å². The number of imidazole rings is 3. The topological polar surface area (TPSA) is 130 Å². The van der Waals surface area contributed by atoms with E-state index in [1.807, 2.05) is 0 Å². The lowest BCUT2D eigenvalue weighted by Crippen LogP contribution is -3.00. The summed E-state index contributed by atoms with van der Waals surface area (Å²) in [4.78, 5) is 22.0. The number of aromatic amines is 6. The van der Waals surface area contributed by atoms with Crippen LogP contribution in [-0.2, 0) is 0 Å². The lowest BCUT2D eigenvalue weighted by molar-refractivity contribution is -0.371. The molecule has 8 nitrogen and oxygen atoms in total. The summed E-state index contributed by atoms with van der Waals surface area (Å²) >= 11 is 0. The van der Waals surface area contributed by atoms with Crippen LogP contribution in [0.2, 0.25) is 0 Å². The van der Waals surface area contributed by atoms with Crippen molar-refractivity contribution in [3.63, 3.8) is 0 Å². The van der Waals surface area contributed by atoms with Crippen LogP contribution in [0, 0.1) is 0 Å². The van der Waals surface area contributed by atoms with Gasteiger partial charge in [0.05, 0.1) is 17.8 Å². The van der Waals surface area contributed by atoms with Crippen molar-refractivity contribution >= 4 is 33.1 Å². The van der Waals surface area contributed by atoms with Crippen LogP contribution in [0.25, 0.3) is 33.1 Å². The third kappa shape index (κ3) is 6.59. The van der Waals surface area contributed by atoms with E-state index in [1.165, 1.54) is 50.6 Å². The van der Waals surface area contributed by atoms with Crippen molar-refractivity contribution in [3.05, 3.63) is 90.3 Å². The molecule has 0 amide bonds. The number of rotatable bonds is 3. The third-order valence-electron chi connectivity index (χ3n) is 7.33. The summed E-state index contributed by atoms with van der Waals surface area (Å²) in [5.74, 6) is 4.87. The van der Waals surface area contributed by atoms with E-state index in [2.05, 4.69) is 103 Å². The number of nitrogens with one attached hydrogen (secondary N) is 6. The fourth-order valence-corrected chi connectivity index (χ4v) is 5.71. The van der Waals surface area contributed by atoms with E-state index in [9.17, 15) is 0 Å². The van der Waals surface area contributed by atoms with Crippen molar-refractivity contribution in [1.29, 1.82) is 0 Å². The Bertz CT molecular complexity index is 1320. The van der Waals surface area contributed by atoms with Gasteiger partial charge in [0.1, 0.15) is 0 Å². The van der Waals surface area contributed by atoms with Crippen LogP contribution in [0.3, 0.4) is 0 Å². The molecule has 3 aromatic heterocycles. The fourth-order valence-electron chi connectivity index (χ4n) is 5.71.